The van der Waals surface area contributed by atoms with Crippen molar-refractivity contribution in [1.29, 1.82) is 0 Å². The summed E-state index contributed by atoms with van der Waals surface area (Å²) in [5.41, 5.74) is 4.48. The first-order valence-electron chi connectivity index (χ1n) is 15.4. The van der Waals surface area contributed by atoms with Crippen molar-refractivity contribution in [3.63, 3.8) is 0 Å². The van der Waals surface area contributed by atoms with Gasteiger partial charge in [0.25, 0.3) is 0 Å². The summed E-state index contributed by atoms with van der Waals surface area (Å²) >= 11 is 0. The molecule has 0 saturated carbocycles. The first-order valence-corrected chi connectivity index (χ1v) is 15.4. The molecule has 45 heavy (non-hydrogen) atoms. The second kappa shape index (κ2) is 13.3. The summed E-state index contributed by atoms with van der Waals surface area (Å²) < 4.78 is 0. The first kappa shape index (κ1) is 31.4. The molecule has 4 aromatic carbocycles. The minimum absolute atomic E-state index is 0.0714. The van der Waals surface area contributed by atoms with Crippen LogP contribution in [0.4, 0.5) is 11.4 Å². The van der Waals surface area contributed by atoms with E-state index in [1.807, 2.05) is 12.1 Å². The van der Waals surface area contributed by atoms with Gasteiger partial charge in [0.1, 0.15) is 5.75 Å². The van der Waals surface area contributed by atoms with Gasteiger partial charge in [-0.25, -0.2) is 0 Å². The van der Waals surface area contributed by atoms with Crippen molar-refractivity contribution in [3.05, 3.63) is 123 Å². The van der Waals surface area contributed by atoms with E-state index in [0.29, 0.717) is 57.4 Å². The van der Waals surface area contributed by atoms with Crippen molar-refractivity contribution in [2.75, 3.05) is 23.7 Å². The third kappa shape index (κ3) is 6.29. The SMILES string of the molecule is CC(C)CCNc1ccc(O)c2c1C(=O)c1ccccc1C2=O.CC(C)CCNc1cccc2c1C(=O)c1ccccc1C2=O. The number of benzene rings is 4. The Morgan fingerprint density at radius 2 is 0.911 bits per heavy atom. The Labute approximate surface area is 263 Å². The number of hydrogen-bond acceptors (Lipinski definition) is 7. The van der Waals surface area contributed by atoms with E-state index in [0.717, 1.165) is 25.1 Å². The number of phenolic OH excluding ortho intramolecular Hbond substituents is 1. The van der Waals surface area contributed by atoms with Crippen LogP contribution in [-0.4, -0.2) is 41.3 Å². The smallest absolute Gasteiger partial charge is 0.198 e. The summed E-state index contributed by atoms with van der Waals surface area (Å²) in [6, 6.07) is 22.3. The van der Waals surface area contributed by atoms with Crippen molar-refractivity contribution in [3.8, 4) is 5.75 Å². The van der Waals surface area contributed by atoms with Crippen LogP contribution >= 0.6 is 0 Å². The van der Waals surface area contributed by atoms with Gasteiger partial charge in [-0.05, 0) is 42.9 Å². The van der Waals surface area contributed by atoms with E-state index in [9.17, 15) is 24.3 Å². The molecule has 3 N–H and O–H groups in total. The van der Waals surface area contributed by atoms with Gasteiger partial charge in [-0.3, -0.25) is 19.2 Å². The van der Waals surface area contributed by atoms with Crippen molar-refractivity contribution < 1.29 is 24.3 Å². The highest BCUT2D eigenvalue weighted by molar-refractivity contribution is 6.31. The average molecular weight is 603 g/mol. The minimum atomic E-state index is -0.305. The maximum absolute atomic E-state index is 12.8. The molecule has 0 fully saturated rings. The van der Waals surface area contributed by atoms with Gasteiger partial charge in [0.05, 0.1) is 16.7 Å². The molecule has 0 radical (unpaired) electrons. The van der Waals surface area contributed by atoms with Crippen LogP contribution in [0.5, 0.6) is 5.75 Å². The van der Waals surface area contributed by atoms with Crippen LogP contribution in [0.2, 0.25) is 0 Å². The molecule has 0 bridgehead atoms. The topological polar surface area (TPSA) is 113 Å². The quantitative estimate of drug-likeness (QED) is 0.154. The lowest BCUT2D eigenvalue weighted by Crippen LogP contribution is -2.23. The Morgan fingerprint density at radius 1 is 0.489 bits per heavy atom. The zero-order chi connectivity index (χ0) is 32.2. The summed E-state index contributed by atoms with van der Waals surface area (Å²) in [7, 11) is 0. The second-order valence-electron chi connectivity index (χ2n) is 12.2. The normalized spacial score (nSPS) is 13.0. The van der Waals surface area contributed by atoms with E-state index >= 15 is 0 Å². The van der Waals surface area contributed by atoms with E-state index in [1.165, 1.54) is 6.07 Å². The van der Waals surface area contributed by atoms with Gasteiger partial charge >= 0.3 is 0 Å². The van der Waals surface area contributed by atoms with Crippen molar-refractivity contribution >= 4 is 34.5 Å². The van der Waals surface area contributed by atoms with Gasteiger partial charge in [-0.15, -0.1) is 0 Å². The number of phenols is 1. The lowest BCUT2D eigenvalue weighted by atomic mass is 9.82. The number of carbonyl (C=O) groups is 4. The molecule has 2 aliphatic rings. The third-order valence-electron chi connectivity index (χ3n) is 8.08. The molecule has 0 spiro atoms. The van der Waals surface area contributed by atoms with Gasteiger partial charge in [-0.2, -0.15) is 0 Å². The number of anilines is 2. The highest BCUT2D eigenvalue weighted by atomic mass is 16.3. The highest BCUT2D eigenvalue weighted by Crippen LogP contribution is 2.37. The number of fused-ring (bicyclic) bond motifs is 4. The molecule has 0 heterocycles. The largest absolute Gasteiger partial charge is 0.507 e. The second-order valence-corrected chi connectivity index (χ2v) is 12.2. The average Bonchev–Trinajstić information content (AvgIpc) is 3.03. The molecule has 230 valence electrons. The van der Waals surface area contributed by atoms with Crippen LogP contribution in [0.1, 0.15) is 104 Å². The van der Waals surface area contributed by atoms with E-state index in [4.69, 9.17) is 0 Å². The van der Waals surface area contributed by atoms with Crippen molar-refractivity contribution in [2.24, 2.45) is 11.8 Å². The number of aromatic hydroxyl groups is 1. The van der Waals surface area contributed by atoms with E-state index in [-0.39, 0.29) is 40.0 Å². The fourth-order valence-corrected chi connectivity index (χ4v) is 5.64. The molecule has 0 aliphatic heterocycles. The van der Waals surface area contributed by atoms with Crippen LogP contribution in [0.25, 0.3) is 0 Å². The van der Waals surface area contributed by atoms with E-state index in [2.05, 4.69) is 38.3 Å². The summed E-state index contributed by atoms with van der Waals surface area (Å²) in [5.74, 6) is 0.301. The molecule has 6 rings (SSSR count). The molecule has 2 aliphatic carbocycles. The maximum Gasteiger partial charge on any atom is 0.198 e. The van der Waals surface area contributed by atoms with E-state index in [1.54, 1.807) is 60.7 Å². The van der Waals surface area contributed by atoms with Gasteiger partial charge in [0.15, 0.2) is 23.1 Å². The summed E-state index contributed by atoms with van der Waals surface area (Å²) in [4.78, 5) is 50.9. The predicted molar refractivity (Wildman–Crippen MR) is 177 cm³/mol. The molecule has 0 aromatic heterocycles. The van der Waals surface area contributed by atoms with Crippen LogP contribution in [0.3, 0.4) is 0 Å². The lowest BCUT2D eigenvalue weighted by Gasteiger charge is -2.21. The molecule has 7 heteroatoms. The Kier molecular flexibility index (Phi) is 9.28. The Balaban J connectivity index is 0.000000178. The molecule has 4 aromatic rings. The monoisotopic (exact) mass is 602 g/mol. The highest BCUT2D eigenvalue weighted by Gasteiger charge is 2.34. The van der Waals surface area contributed by atoms with Crippen LogP contribution in [0, 0.1) is 11.8 Å². The van der Waals surface area contributed by atoms with E-state index < -0.39 is 0 Å². The molecular formula is C38H38N2O5. The van der Waals surface area contributed by atoms with Crippen molar-refractivity contribution in [1.82, 2.24) is 0 Å². The molecule has 7 nitrogen and oxygen atoms in total. The fourth-order valence-electron chi connectivity index (χ4n) is 5.64. The predicted octanol–water partition coefficient (Wildman–Crippen LogP) is 7.55. The Morgan fingerprint density at radius 3 is 1.42 bits per heavy atom. The fraction of sp³-hybridized carbons (Fsp3) is 0.263. The lowest BCUT2D eigenvalue weighted by molar-refractivity contribution is 0.0977. The van der Waals surface area contributed by atoms with Crippen LogP contribution in [0.15, 0.2) is 78.9 Å². The number of ketones is 4. The van der Waals surface area contributed by atoms with Gasteiger partial charge in [-0.1, -0.05) is 88.4 Å². The summed E-state index contributed by atoms with van der Waals surface area (Å²) in [5, 5.41) is 16.6. The summed E-state index contributed by atoms with van der Waals surface area (Å²) in [6.07, 6.45) is 1.97. The summed E-state index contributed by atoms with van der Waals surface area (Å²) in [6.45, 7) is 10.1. The standard InChI is InChI=1S/C19H19NO3.C19H19NO2/c1-11(2)9-10-20-14-7-8-15(21)17-16(14)18(22)12-5-3-4-6-13(12)19(17)23;1-12(2)10-11-20-16-9-5-8-15-17(16)19(22)14-7-4-3-6-13(14)18(15)21/h3-8,11,20-21H,9-10H2,1-2H3;3-9,12,20H,10-11H2,1-2H3. The third-order valence-corrected chi connectivity index (χ3v) is 8.08. The Bertz CT molecular complexity index is 1800. The van der Waals surface area contributed by atoms with Crippen LogP contribution in [-0.2, 0) is 0 Å². The zero-order valence-corrected chi connectivity index (χ0v) is 26.1. The molecular weight excluding hydrogens is 564 g/mol. The maximum atomic E-state index is 12.8. The molecule has 0 saturated heterocycles. The van der Waals surface area contributed by atoms with Crippen LogP contribution < -0.4 is 10.6 Å². The Hall–Kier alpha value is -5.04. The molecule has 0 atom stereocenters. The number of carbonyl (C=O) groups excluding carboxylic acids is 4. The number of hydrogen-bond donors (Lipinski definition) is 3. The number of nitrogens with one attached hydrogen (secondary N) is 2. The molecule has 0 amide bonds. The van der Waals surface area contributed by atoms with Gasteiger partial charge < -0.3 is 15.7 Å². The number of rotatable bonds is 8. The zero-order valence-electron chi connectivity index (χ0n) is 26.1. The van der Waals surface area contributed by atoms with Gasteiger partial charge in [0.2, 0.25) is 0 Å². The molecule has 0 unspecified atom stereocenters. The van der Waals surface area contributed by atoms with Gasteiger partial charge in [0, 0.05) is 52.3 Å². The van der Waals surface area contributed by atoms with Crippen molar-refractivity contribution in [2.45, 2.75) is 40.5 Å². The first-order chi connectivity index (χ1) is 21.6. The minimum Gasteiger partial charge on any atom is -0.507 e.